The van der Waals surface area contributed by atoms with E-state index in [9.17, 15) is 4.79 Å². The Bertz CT molecular complexity index is 198. The zero-order valence-electron chi connectivity index (χ0n) is 3.34. The molecule has 0 radical (unpaired) electrons. The van der Waals surface area contributed by atoms with Crippen molar-refractivity contribution in [3.63, 3.8) is 0 Å². The predicted molar refractivity (Wildman–Crippen MR) is 21.0 cm³/mol. The van der Waals surface area contributed by atoms with Crippen molar-refractivity contribution < 1.29 is 9.63 Å². The number of aromatic nitrogens is 1. The Morgan fingerprint density at radius 3 is 2.71 bits per heavy atom. The normalized spacial score (nSPS) is 9.14. The lowest BCUT2D eigenvalue weighted by Crippen LogP contribution is -1.91. The summed E-state index contributed by atoms with van der Waals surface area (Å²) in [5, 5.41) is 10.1. The molecule has 0 unspecified atom stereocenters. The van der Waals surface area contributed by atoms with Gasteiger partial charge in [0.1, 0.15) is 0 Å². The first-order valence-corrected chi connectivity index (χ1v) is 1.66. The van der Waals surface area contributed by atoms with E-state index in [0.29, 0.717) is 0 Å². The van der Waals surface area contributed by atoms with Crippen molar-refractivity contribution in [3.8, 4) is 5.95 Å². The summed E-state index contributed by atoms with van der Waals surface area (Å²) in [6.07, 6.45) is 0. The molecular formula is C3H3NO3. The smallest absolute Gasteiger partial charge is 0.309 e. The lowest BCUT2D eigenvalue weighted by Gasteiger charge is -1.67. The average molecular weight is 101 g/mol. The number of hydrogen-bond acceptors (Lipinski definition) is 3. The molecule has 4 heteroatoms. The number of aromatic hydroxyl groups is 1. The minimum Gasteiger partial charge on any atom is -0.479 e. The summed E-state index contributed by atoms with van der Waals surface area (Å²) in [5.41, 5.74) is -0.433. The van der Waals surface area contributed by atoms with Gasteiger partial charge in [0.25, 0.3) is 5.56 Å². The maximum Gasteiger partial charge on any atom is 0.309 e. The molecule has 0 aromatic carbocycles. The fourth-order valence-electron chi connectivity index (χ4n) is 0.274. The fraction of sp³-hybridized carbons (Fsp3) is 0. The second-order valence-corrected chi connectivity index (χ2v) is 1.05. The van der Waals surface area contributed by atoms with E-state index in [0.717, 1.165) is 6.07 Å². The second-order valence-electron chi connectivity index (χ2n) is 1.05. The highest BCUT2D eigenvalue weighted by Crippen LogP contribution is 1.96. The van der Waals surface area contributed by atoms with E-state index in [2.05, 4.69) is 4.52 Å². The van der Waals surface area contributed by atoms with Crippen molar-refractivity contribution in [1.29, 1.82) is 0 Å². The zero-order chi connectivity index (χ0) is 5.28. The Balaban J connectivity index is 3.30. The SMILES string of the molecule is O=c1cc(O)o[nH]1. The summed E-state index contributed by atoms with van der Waals surface area (Å²) in [6.45, 7) is 0. The van der Waals surface area contributed by atoms with E-state index in [1.807, 2.05) is 5.16 Å². The van der Waals surface area contributed by atoms with Gasteiger partial charge in [0.2, 0.25) is 0 Å². The topological polar surface area (TPSA) is 66.2 Å². The van der Waals surface area contributed by atoms with Crippen LogP contribution < -0.4 is 5.56 Å². The number of rotatable bonds is 0. The molecule has 4 nitrogen and oxygen atoms in total. The van der Waals surface area contributed by atoms with Crippen LogP contribution in [-0.2, 0) is 0 Å². The van der Waals surface area contributed by atoms with Gasteiger partial charge in [-0.05, 0) is 0 Å². The minimum absolute atomic E-state index is 0.384. The molecular weight excluding hydrogens is 98.0 g/mol. The highest BCUT2D eigenvalue weighted by Gasteiger charge is 1.88. The predicted octanol–water partition coefficient (Wildman–Crippen LogP) is -0.327. The average Bonchev–Trinajstić information content (AvgIpc) is 1.87. The molecule has 1 aromatic heterocycles. The van der Waals surface area contributed by atoms with Gasteiger partial charge in [-0.25, -0.2) is 0 Å². The Morgan fingerprint density at radius 1 is 1.86 bits per heavy atom. The first-order chi connectivity index (χ1) is 3.29. The van der Waals surface area contributed by atoms with Crippen molar-refractivity contribution in [2.75, 3.05) is 0 Å². The molecule has 0 atom stereocenters. The van der Waals surface area contributed by atoms with E-state index < -0.39 is 5.56 Å². The maximum absolute atomic E-state index is 9.98. The Labute approximate surface area is 38.4 Å². The summed E-state index contributed by atoms with van der Waals surface area (Å²) in [7, 11) is 0. The molecule has 0 fully saturated rings. The number of hydrogen-bond donors (Lipinski definition) is 2. The van der Waals surface area contributed by atoms with Crippen molar-refractivity contribution in [2.45, 2.75) is 0 Å². The largest absolute Gasteiger partial charge is 0.479 e. The van der Waals surface area contributed by atoms with Crippen LogP contribution in [0.3, 0.4) is 0 Å². The first kappa shape index (κ1) is 3.98. The van der Waals surface area contributed by atoms with Crippen molar-refractivity contribution >= 4 is 0 Å². The Kier molecular flexibility index (Phi) is 0.651. The fourth-order valence-corrected chi connectivity index (χ4v) is 0.274. The van der Waals surface area contributed by atoms with E-state index in [1.165, 1.54) is 0 Å². The summed E-state index contributed by atoms with van der Waals surface area (Å²) >= 11 is 0. The molecule has 1 heterocycles. The summed E-state index contributed by atoms with van der Waals surface area (Å²) in [5.74, 6) is -0.384. The molecule has 38 valence electrons. The lowest BCUT2D eigenvalue weighted by atomic mass is 10.7. The van der Waals surface area contributed by atoms with Gasteiger partial charge in [-0.15, -0.1) is 0 Å². The van der Waals surface area contributed by atoms with Crippen LogP contribution in [-0.4, -0.2) is 10.3 Å². The monoisotopic (exact) mass is 101 g/mol. The van der Waals surface area contributed by atoms with Crippen LogP contribution in [0.1, 0.15) is 0 Å². The van der Waals surface area contributed by atoms with Crippen LogP contribution >= 0.6 is 0 Å². The lowest BCUT2D eigenvalue weighted by molar-refractivity contribution is 0.276. The molecule has 0 aliphatic carbocycles. The van der Waals surface area contributed by atoms with Gasteiger partial charge in [-0.3, -0.25) is 4.79 Å². The van der Waals surface area contributed by atoms with Gasteiger partial charge in [0, 0.05) is 0 Å². The molecule has 0 aliphatic rings. The van der Waals surface area contributed by atoms with Crippen molar-refractivity contribution in [2.24, 2.45) is 0 Å². The molecule has 0 aliphatic heterocycles. The van der Waals surface area contributed by atoms with Gasteiger partial charge in [0.05, 0.1) is 6.07 Å². The van der Waals surface area contributed by atoms with Gasteiger partial charge < -0.3 is 9.63 Å². The third-order valence-corrected chi connectivity index (χ3v) is 0.511. The highest BCUT2D eigenvalue weighted by molar-refractivity contribution is 4.95. The van der Waals surface area contributed by atoms with Crippen LogP contribution in [0, 0.1) is 0 Å². The van der Waals surface area contributed by atoms with Gasteiger partial charge in [-0.2, -0.15) is 5.16 Å². The van der Waals surface area contributed by atoms with E-state index in [1.54, 1.807) is 0 Å². The standard InChI is InChI=1S/C3H3NO3/c5-2-1-3(6)7-4-2/h1,6H,(H,4,5). The summed E-state index contributed by atoms with van der Waals surface area (Å²) in [4.78, 5) is 9.98. The van der Waals surface area contributed by atoms with E-state index in [4.69, 9.17) is 5.11 Å². The quantitative estimate of drug-likeness (QED) is 0.470. The minimum atomic E-state index is -0.433. The number of aromatic amines is 1. The van der Waals surface area contributed by atoms with E-state index >= 15 is 0 Å². The molecule has 1 aromatic rings. The molecule has 2 N–H and O–H groups in total. The third-order valence-electron chi connectivity index (χ3n) is 0.511. The van der Waals surface area contributed by atoms with Crippen molar-refractivity contribution in [3.05, 3.63) is 16.4 Å². The molecule has 0 saturated heterocycles. The number of H-pyrrole nitrogens is 1. The van der Waals surface area contributed by atoms with Gasteiger partial charge in [-0.1, -0.05) is 0 Å². The van der Waals surface area contributed by atoms with Crippen LogP contribution in [0.5, 0.6) is 5.95 Å². The zero-order valence-corrected chi connectivity index (χ0v) is 3.34. The van der Waals surface area contributed by atoms with Gasteiger partial charge in [0.15, 0.2) is 0 Å². The molecule has 1 rings (SSSR count). The first-order valence-electron chi connectivity index (χ1n) is 1.66. The Morgan fingerprint density at radius 2 is 2.57 bits per heavy atom. The van der Waals surface area contributed by atoms with Crippen LogP contribution in [0.2, 0.25) is 0 Å². The van der Waals surface area contributed by atoms with E-state index in [-0.39, 0.29) is 5.95 Å². The number of nitrogens with one attached hydrogen (secondary N) is 1. The maximum atomic E-state index is 9.98. The summed E-state index contributed by atoms with van der Waals surface area (Å²) < 4.78 is 4.08. The molecule has 0 bridgehead atoms. The highest BCUT2D eigenvalue weighted by atomic mass is 16.6. The third kappa shape index (κ3) is 0.623. The summed E-state index contributed by atoms with van der Waals surface area (Å²) in [6, 6.07) is 0.944. The molecule has 7 heavy (non-hydrogen) atoms. The van der Waals surface area contributed by atoms with Crippen molar-refractivity contribution in [1.82, 2.24) is 5.16 Å². The second kappa shape index (κ2) is 1.14. The molecule has 0 amide bonds. The van der Waals surface area contributed by atoms with Crippen LogP contribution in [0.4, 0.5) is 0 Å². The van der Waals surface area contributed by atoms with Crippen LogP contribution in [0.25, 0.3) is 0 Å². The van der Waals surface area contributed by atoms with Gasteiger partial charge >= 0.3 is 5.95 Å². The molecule has 0 saturated carbocycles. The Hall–Kier alpha value is -1.19. The van der Waals surface area contributed by atoms with Crippen LogP contribution in [0.15, 0.2) is 15.4 Å². The molecule has 0 spiro atoms.